The molecule has 0 saturated carbocycles. The maximum absolute atomic E-state index is 11.2. The van der Waals surface area contributed by atoms with Gasteiger partial charge >= 0.3 is 0 Å². The van der Waals surface area contributed by atoms with E-state index < -0.39 is 0 Å². The van der Waals surface area contributed by atoms with Crippen LogP contribution in [0.2, 0.25) is 5.15 Å². The molecule has 2 heterocycles. The first-order chi connectivity index (χ1) is 9.43. The van der Waals surface area contributed by atoms with Gasteiger partial charge in [0, 0.05) is 13.1 Å². The molecule has 0 aliphatic carbocycles. The van der Waals surface area contributed by atoms with Crippen LogP contribution in [0, 0.1) is 11.3 Å². The minimum atomic E-state index is 0.238. The number of nitrogens with zero attached hydrogens (tertiary/aromatic N) is 3. The highest BCUT2D eigenvalue weighted by atomic mass is 35.5. The van der Waals surface area contributed by atoms with Crippen molar-refractivity contribution in [1.29, 1.82) is 0 Å². The van der Waals surface area contributed by atoms with Crippen LogP contribution in [0.15, 0.2) is 6.33 Å². The zero-order valence-electron chi connectivity index (χ0n) is 12.4. The number of anilines is 1. The Labute approximate surface area is 125 Å². The highest BCUT2D eigenvalue weighted by molar-refractivity contribution is 6.32. The summed E-state index contributed by atoms with van der Waals surface area (Å²) in [5, 5.41) is 0.238. The number of aldehydes is 1. The molecule has 0 radical (unpaired) electrons. The maximum atomic E-state index is 11.2. The van der Waals surface area contributed by atoms with Gasteiger partial charge in [0.2, 0.25) is 0 Å². The number of rotatable bonds is 2. The molecule has 0 spiro atoms. The third-order valence-corrected chi connectivity index (χ3v) is 4.49. The van der Waals surface area contributed by atoms with Crippen molar-refractivity contribution in [1.82, 2.24) is 9.97 Å². The second kappa shape index (κ2) is 6.08. The van der Waals surface area contributed by atoms with Gasteiger partial charge in [-0.2, -0.15) is 0 Å². The molecule has 2 rings (SSSR count). The van der Waals surface area contributed by atoms with Crippen LogP contribution in [-0.2, 0) is 0 Å². The van der Waals surface area contributed by atoms with E-state index in [1.165, 1.54) is 12.7 Å². The van der Waals surface area contributed by atoms with Gasteiger partial charge in [0.15, 0.2) is 6.29 Å². The molecule has 1 unspecified atom stereocenters. The lowest BCUT2D eigenvalue weighted by molar-refractivity contribution is 0.112. The van der Waals surface area contributed by atoms with E-state index in [4.69, 9.17) is 11.6 Å². The highest BCUT2D eigenvalue weighted by Gasteiger charge is 2.28. The lowest BCUT2D eigenvalue weighted by Crippen LogP contribution is -2.28. The fourth-order valence-corrected chi connectivity index (χ4v) is 3.07. The topological polar surface area (TPSA) is 46.1 Å². The molecule has 0 amide bonds. The second-order valence-corrected chi connectivity index (χ2v) is 6.86. The van der Waals surface area contributed by atoms with E-state index in [1.807, 2.05) is 0 Å². The minimum absolute atomic E-state index is 0.238. The Morgan fingerprint density at radius 1 is 1.30 bits per heavy atom. The Balaban J connectivity index is 2.19. The normalized spacial score (nSPS) is 20.6. The zero-order valence-corrected chi connectivity index (χ0v) is 13.2. The molecular weight excluding hydrogens is 274 g/mol. The Morgan fingerprint density at radius 3 is 2.70 bits per heavy atom. The largest absolute Gasteiger partial charge is 0.356 e. The van der Waals surface area contributed by atoms with Crippen molar-refractivity contribution in [2.75, 3.05) is 18.0 Å². The maximum Gasteiger partial charge on any atom is 0.156 e. The number of hydrogen-bond donors (Lipinski definition) is 0. The molecule has 1 aromatic heterocycles. The summed E-state index contributed by atoms with van der Waals surface area (Å²) in [5.41, 5.74) is 0.732. The summed E-state index contributed by atoms with van der Waals surface area (Å²) in [6.07, 6.45) is 5.63. The number of aromatic nitrogens is 2. The van der Waals surface area contributed by atoms with E-state index >= 15 is 0 Å². The quantitative estimate of drug-likeness (QED) is 0.618. The van der Waals surface area contributed by atoms with Crippen molar-refractivity contribution < 1.29 is 4.79 Å². The first-order valence-corrected chi connectivity index (χ1v) is 7.52. The molecule has 20 heavy (non-hydrogen) atoms. The third kappa shape index (κ3) is 3.29. The monoisotopic (exact) mass is 295 g/mol. The van der Waals surface area contributed by atoms with Crippen LogP contribution >= 0.6 is 11.6 Å². The van der Waals surface area contributed by atoms with E-state index in [-0.39, 0.29) is 5.15 Å². The van der Waals surface area contributed by atoms with Gasteiger partial charge in [0.1, 0.15) is 17.3 Å². The van der Waals surface area contributed by atoms with Gasteiger partial charge in [-0.3, -0.25) is 4.79 Å². The summed E-state index contributed by atoms with van der Waals surface area (Å²) in [5.74, 6) is 1.37. The number of halogens is 1. The van der Waals surface area contributed by atoms with Crippen molar-refractivity contribution in [3.63, 3.8) is 0 Å². The van der Waals surface area contributed by atoms with Gasteiger partial charge in [0.25, 0.3) is 0 Å². The Hall–Kier alpha value is -1.16. The summed E-state index contributed by atoms with van der Waals surface area (Å²) in [7, 11) is 0. The smallest absolute Gasteiger partial charge is 0.156 e. The predicted molar refractivity (Wildman–Crippen MR) is 81.4 cm³/mol. The van der Waals surface area contributed by atoms with Crippen LogP contribution in [0.4, 0.5) is 5.82 Å². The van der Waals surface area contributed by atoms with Crippen molar-refractivity contribution in [3.8, 4) is 0 Å². The molecule has 0 N–H and O–H groups in total. The Bertz CT molecular complexity index is 484. The molecule has 4 nitrogen and oxygen atoms in total. The molecule has 5 heteroatoms. The lowest BCUT2D eigenvalue weighted by Gasteiger charge is -2.30. The molecule has 1 aliphatic heterocycles. The predicted octanol–water partition coefficient (Wildman–Crippen LogP) is 3.60. The van der Waals surface area contributed by atoms with Crippen molar-refractivity contribution >= 4 is 23.7 Å². The van der Waals surface area contributed by atoms with E-state index in [9.17, 15) is 4.79 Å². The first kappa shape index (κ1) is 15.2. The number of carbonyl (C=O) groups is 1. The molecule has 1 aromatic rings. The average Bonchev–Trinajstić information content (AvgIpc) is 2.63. The number of hydrogen-bond acceptors (Lipinski definition) is 4. The summed E-state index contributed by atoms with van der Waals surface area (Å²) in [6, 6.07) is 0. The van der Waals surface area contributed by atoms with Gasteiger partial charge in [-0.15, -0.1) is 0 Å². The van der Waals surface area contributed by atoms with Crippen LogP contribution < -0.4 is 4.90 Å². The number of carbonyl (C=O) groups excluding carboxylic acids is 1. The summed E-state index contributed by atoms with van der Waals surface area (Å²) < 4.78 is 0. The van der Waals surface area contributed by atoms with Crippen LogP contribution in [0.3, 0.4) is 0 Å². The summed E-state index contributed by atoms with van der Waals surface area (Å²) in [6.45, 7) is 8.72. The van der Waals surface area contributed by atoms with Gasteiger partial charge in [-0.25, -0.2) is 9.97 Å². The van der Waals surface area contributed by atoms with Gasteiger partial charge in [-0.1, -0.05) is 32.4 Å². The van der Waals surface area contributed by atoms with Crippen molar-refractivity contribution in [3.05, 3.63) is 17.0 Å². The SMILES string of the molecule is CC(C)(C)C1CCCN(c2ncnc(Cl)c2C=O)CC1. The van der Waals surface area contributed by atoms with Crippen molar-refractivity contribution in [2.24, 2.45) is 11.3 Å². The van der Waals surface area contributed by atoms with E-state index in [2.05, 4.69) is 35.6 Å². The molecule has 1 aliphatic rings. The fourth-order valence-electron chi connectivity index (χ4n) is 2.89. The minimum Gasteiger partial charge on any atom is -0.356 e. The Kier molecular flexibility index (Phi) is 4.63. The molecule has 0 bridgehead atoms. The van der Waals surface area contributed by atoms with Crippen LogP contribution in [0.5, 0.6) is 0 Å². The lowest BCUT2D eigenvalue weighted by atomic mass is 9.77. The summed E-state index contributed by atoms with van der Waals surface area (Å²) in [4.78, 5) is 21.5. The van der Waals surface area contributed by atoms with Crippen molar-refractivity contribution in [2.45, 2.75) is 40.0 Å². The first-order valence-electron chi connectivity index (χ1n) is 7.14. The standard InChI is InChI=1S/C15H22ClN3O/c1-15(2,3)11-5-4-7-19(8-6-11)14-12(9-20)13(16)17-10-18-14/h9-11H,4-8H2,1-3H3. The molecular formula is C15H22ClN3O. The van der Waals surface area contributed by atoms with Crippen LogP contribution in [0.1, 0.15) is 50.4 Å². The van der Waals surface area contributed by atoms with Gasteiger partial charge < -0.3 is 4.90 Å². The fraction of sp³-hybridized carbons (Fsp3) is 0.667. The molecule has 1 atom stereocenters. The summed E-state index contributed by atoms with van der Waals surface area (Å²) >= 11 is 5.98. The zero-order chi connectivity index (χ0) is 14.8. The highest BCUT2D eigenvalue weighted by Crippen LogP contribution is 2.35. The van der Waals surface area contributed by atoms with Gasteiger partial charge in [0.05, 0.1) is 5.56 Å². The van der Waals surface area contributed by atoms with E-state index in [1.54, 1.807) is 0 Å². The van der Waals surface area contributed by atoms with E-state index in [0.29, 0.717) is 22.7 Å². The molecule has 110 valence electrons. The van der Waals surface area contributed by atoms with Crippen LogP contribution in [-0.4, -0.2) is 29.3 Å². The second-order valence-electron chi connectivity index (χ2n) is 6.50. The molecule has 1 saturated heterocycles. The molecule has 1 fully saturated rings. The van der Waals surface area contributed by atoms with E-state index in [0.717, 1.165) is 32.2 Å². The molecule has 0 aromatic carbocycles. The third-order valence-electron chi connectivity index (χ3n) is 4.18. The van der Waals surface area contributed by atoms with Crippen LogP contribution in [0.25, 0.3) is 0 Å². The van der Waals surface area contributed by atoms with Gasteiger partial charge in [-0.05, 0) is 30.6 Å². The Morgan fingerprint density at radius 2 is 2.05 bits per heavy atom. The average molecular weight is 296 g/mol.